The molecule has 0 radical (unpaired) electrons. The molecule has 1 aliphatic heterocycles. The van der Waals surface area contributed by atoms with Crippen LogP contribution in [0.25, 0.3) is 0 Å². The van der Waals surface area contributed by atoms with E-state index in [-0.39, 0.29) is 15.9 Å². The molecule has 0 spiro atoms. The average molecular weight is 496 g/mol. The van der Waals surface area contributed by atoms with Gasteiger partial charge in [0.05, 0.1) is 0 Å². The summed E-state index contributed by atoms with van der Waals surface area (Å²) in [6.07, 6.45) is 17.5. The second-order valence-corrected chi connectivity index (χ2v) is 8.74. The molecule has 2 aromatic rings. The SMILES string of the molecule is C1=C\CCc2cccc(n2)CC/C=C\CCc2cccc(n2)CC/1.[Cl][Pd][Cl]. The zero-order valence-electron chi connectivity index (χ0n) is 15.4. The molecule has 0 unspecified atom stereocenters. The molecule has 0 aromatic carbocycles. The quantitative estimate of drug-likeness (QED) is 0.312. The molecule has 0 aliphatic carbocycles. The molecule has 5 heteroatoms. The monoisotopic (exact) mass is 494 g/mol. The van der Waals surface area contributed by atoms with Crippen molar-refractivity contribution in [2.75, 3.05) is 0 Å². The van der Waals surface area contributed by atoms with Gasteiger partial charge in [-0.1, -0.05) is 36.4 Å². The molecule has 0 saturated heterocycles. The minimum atomic E-state index is -0.106. The predicted molar refractivity (Wildman–Crippen MR) is 112 cm³/mol. The summed E-state index contributed by atoms with van der Waals surface area (Å²) in [4.78, 5) is 9.55. The first-order valence-electron chi connectivity index (χ1n) is 9.34. The second kappa shape index (κ2) is 14.1. The third-order valence-electron chi connectivity index (χ3n) is 4.33. The molecule has 148 valence electrons. The van der Waals surface area contributed by atoms with Gasteiger partial charge in [0.1, 0.15) is 0 Å². The van der Waals surface area contributed by atoms with Crippen LogP contribution in [0.4, 0.5) is 0 Å². The van der Waals surface area contributed by atoms with E-state index in [0.29, 0.717) is 0 Å². The van der Waals surface area contributed by atoms with Crippen LogP contribution in [-0.4, -0.2) is 9.97 Å². The summed E-state index contributed by atoms with van der Waals surface area (Å²) in [6, 6.07) is 12.8. The molecule has 0 amide bonds. The fraction of sp³-hybridized carbons (Fsp3) is 0.364. The van der Waals surface area contributed by atoms with Crippen LogP contribution in [0.3, 0.4) is 0 Å². The maximum atomic E-state index is 4.81. The summed E-state index contributed by atoms with van der Waals surface area (Å²) >= 11 is -0.106. The van der Waals surface area contributed by atoms with Gasteiger partial charge in [0.15, 0.2) is 0 Å². The van der Waals surface area contributed by atoms with Crippen LogP contribution >= 0.6 is 19.1 Å². The van der Waals surface area contributed by atoms with Gasteiger partial charge in [0, 0.05) is 22.8 Å². The van der Waals surface area contributed by atoms with Crippen LogP contribution in [0.15, 0.2) is 60.7 Å². The number of allylic oxidation sites excluding steroid dienone is 4. The Labute approximate surface area is 179 Å². The molecular weight excluding hydrogens is 470 g/mol. The predicted octanol–water partition coefficient (Wildman–Crippen LogP) is 6.41. The Balaban J connectivity index is 0.000000817. The Bertz CT molecular complexity index is 620. The summed E-state index contributed by atoms with van der Waals surface area (Å²) in [7, 11) is 9.63. The van der Waals surface area contributed by atoms with Crippen molar-refractivity contribution in [3.05, 3.63) is 83.5 Å². The van der Waals surface area contributed by atoms with Gasteiger partial charge < -0.3 is 0 Å². The molecule has 3 rings (SSSR count). The van der Waals surface area contributed by atoms with Gasteiger partial charge in [-0.3, -0.25) is 9.97 Å². The van der Waals surface area contributed by atoms with Crippen molar-refractivity contribution in [1.82, 2.24) is 9.97 Å². The number of hydrogen-bond donors (Lipinski definition) is 0. The van der Waals surface area contributed by atoms with Crippen LogP contribution in [0.1, 0.15) is 48.5 Å². The zero-order valence-corrected chi connectivity index (χ0v) is 18.5. The van der Waals surface area contributed by atoms with E-state index >= 15 is 0 Å². The Morgan fingerprint density at radius 2 is 0.815 bits per heavy atom. The maximum absolute atomic E-state index is 4.81. The fourth-order valence-electron chi connectivity index (χ4n) is 3.01. The topological polar surface area (TPSA) is 25.8 Å². The van der Waals surface area contributed by atoms with Crippen LogP contribution in [0.5, 0.6) is 0 Å². The molecule has 0 N–H and O–H groups in total. The summed E-state index contributed by atoms with van der Waals surface area (Å²) in [5.74, 6) is 0. The Kier molecular flexibility index (Phi) is 11.6. The molecule has 3 heterocycles. The molecule has 1 aliphatic rings. The number of rotatable bonds is 0. The van der Waals surface area contributed by atoms with Crippen molar-refractivity contribution in [3.63, 3.8) is 0 Å². The number of fused-ring (bicyclic) bond motifs is 4. The number of halogens is 2. The Morgan fingerprint density at radius 1 is 0.556 bits per heavy atom. The van der Waals surface area contributed by atoms with E-state index in [1.807, 2.05) is 0 Å². The number of nitrogens with zero attached hydrogens (tertiary/aromatic N) is 2. The summed E-state index contributed by atoms with van der Waals surface area (Å²) < 4.78 is 0. The van der Waals surface area contributed by atoms with E-state index < -0.39 is 0 Å². The molecule has 4 bridgehead atoms. The molecule has 0 saturated carbocycles. The van der Waals surface area contributed by atoms with Crippen LogP contribution in [-0.2, 0) is 41.6 Å². The summed E-state index contributed by atoms with van der Waals surface area (Å²) in [5.41, 5.74) is 4.82. The van der Waals surface area contributed by atoms with Crippen molar-refractivity contribution in [2.24, 2.45) is 0 Å². The van der Waals surface area contributed by atoms with Gasteiger partial charge in [-0.25, -0.2) is 0 Å². The van der Waals surface area contributed by atoms with Crippen molar-refractivity contribution in [2.45, 2.75) is 51.4 Å². The number of aromatic nitrogens is 2. The van der Waals surface area contributed by atoms with Crippen LogP contribution < -0.4 is 0 Å². The first kappa shape index (κ1) is 22.3. The number of aryl methyl sites for hydroxylation is 4. The van der Waals surface area contributed by atoms with Gasteiger partial charge in [0.25, 0.3) is 0 Å². The van der Waals surface area contributed by atoms with E-state index in [9.17, 15) is 0 Å². The Morgan fingerprint density at radius 3 is 1.07 bits per heavy atom. The number of pyridine rings is 2. The molecule has 27 heavy (non-hydrogen) atoms. The van der Waals surface area contributed by atoms with Crippen LogP contribution in [0, 0.1) is 0 Å². The van der Waals surface area contributed by atoms with Crippen molar-refractivity contribution in [3.8, 4) is 0 Å². The third-order valence-corrected chi connectivity index (χ3v) is 4.33. The minimum absolute atomic E-state index is 0.106. The number of hydrogen-bond acceptors (Lipinski definition) is 2. The fourth-order valence-corrected chi connectivity index (χ4v) is 3.01. The van der Waals surface area contributed by atoms with Gasteiger partial charge in [0.2, 0.25) is 0 Å². The second-order valence-electron chi connectivity index (χ2n) is 6.38. The zero-order chi connectivity index (χ0) is 19.2. The molecule has 0 atom stereocenters. The third kappa shape index (κ3) is 9.68. The molecule has 2 aromatic heterocycles. The van der Waals surface area contributed by atoms with E-state index in [4.69, 9.17) is 29.0 Å². The molecule has 2 nitrogen and oxygen atoms in total. The molecule has 0 fully saturated rings. The van der Waals surface area contributed by atoms with Crippen LogP contribution in [0.2, 0.25) is 0 Å². The van der Waals surface area contributed by atoms with Gasteiger partial charge >= 0.3 is 35.0 Å². The average Bonchev–Trinajstić information content (AvgIpc) is 2.68. The standard InChI is InChI=1S/C22H26N2.2ClH.Pd/c1-2-6-12-20-16-10-18-22(24-20)14-8-4-3-7-13-21-17-9-15-19(23-21)11-5-1;;;/h1-4,9-10,15-18H,5-8,11-14H2;2*1H;/q;;;+2/p-2/b2-1-,4-3-;;;. The van der Waals surface area contributed by atoms with E-state index in [1.54, 1.807) is 0 Å². The van der Waals surface area contributed by atoms with E-state index in [2.05, 4.69) is 60.7 Å². The normalized spacial score (nSPS) is 17.7. The molecular formula is C22H26Cl2N2Pd. The van der Waals surface area contributed by atoms with Crippen molar-refractivity contribution < 1.29 is 15.9 Å². The van der Waals surface area contributed by atoms with E-state index in [1.165, 1.54) is 22.8 Å². The van der Waals surface area contributed by atoms with Gasteiger partial charge in [-0.05, 0) is 75.6 Å². The summed E-state index contributed by atoms with van der Waals surface area (Å²) in [6.45, 7) is 0. The Hall–Kier alpha value is -0.978. The first-order chi connectivity index (χ1) is 13.3. The van der Waals surface area contributed by atoms with Gasteiger partial charge in [-0.2, -0.15) is 0 Å². The van der Waals surface area contributed by atoms with Crippen molar-refractivity contribution in [1.29, 1.82) is 0 Å². The first-order valence-corrected chi connectivity index (χ1v) is 13.3. The van der Waals surface area contributed by atoms with E-state index in [0.717, 1.165) is 51.4 Å². The summed E-state index contributed by atoms with van der Waals surface area (Å²) in [5, 5.41) is 0. The van der Waals surface area contributed by atoms with Crippen molar-refractivity contribution >= 4 is 19.1 Å². The van der Waals surface area contributed by atoms with Gasteiger partial charge in [-0.15, -0.1) is 0 Å².